The fourth-order valence-corrected chi connectivity index (χ4v) is 2.72. The van der Waals surface area contributed by atoms with E-state index in [1.807, 2.05) is 0 Å². The molecule has 0 unspecified atom stereocenters. The molecule has 3 aromatic carbocycles. The van der Waals surface area contributed by atoms with Gasteiger partial charge in [-0.25, -0.2) is 9.59 Å². The molecule has 0 spiro atoms. The molecule has 0 bridgehead atoms. The molecule has 3 aromatic rings. The van der Waals surface area contributed by atoms with Crippen molar-refractivity contribution >= 4 is 23.3 Å². The summed E-state index contributed by atoms with van der Waals surface area (Å²) in [7, 11) is 0. The predicted octanol–water partition coefficient (Wildman–Crippen LogP) is 3.32. The Hall–Kier alpha value is -4.20. The Morgan fingerprint density at radius 3 is 1.38 bits per heavy atom. The molecule has 32 heavy (non-hydrogen) atoms. The summed E-state index contributed by atoms with van der Waals surface area (Å²) in [5.74, 6) is 0.290. The maximum atomic E-state index is 11.9. The first-order valence-corrected chi connectivity index (χ1v) is 9.92. The average Bonchev–Trinajstić information content (AvgIpc) is 2.80. The minimum absolute atomic E-state index is 0.102. The number of hydrogen-bond donors (Lipinski definition) is 2. The molecule has 0 atom stereocenters. The number of carbonyl (C=O) groups is 2. The van der Waals surface area contributed by atoms with Crippen molar-refractivity contribution in [3.8, 4) is 11.5 Å². The number of nitrogens with two attached hydrogens (primary N) is 2. The Kier molecular flexibility index (Phi) is 7.91. The third kappa shape index (κ3) is 6.94. The highest BCUT2D eigenvalue weighted by Gasteiger charge is 2.08. The van der Waals surface area contributed by atoms with E-state index < -0.39 is 11.9 Å². The summed E-state index contributed by atoms with van der Waals surface area (Å²) in [6.07, 6.45) is 0. The number of benzene rings is 3. The first kappa shape index (κ1) is 22.5. The molecular formula is C24H24N2O6. The summed E-state index contributed by atoms with van der Waals surface area (Å²) < 4.78 is 21.4. The second-order valence-corrected chi connectivity index (χ2v) is 6.69. The van der Waals surface area contributed by atoms with Gasteiger partial charge < -0.3 is 30.4 Å². The molecule has 0 aliphatic heterocycles. The van der Waals surface area contributed by atoms with Crippen molar-refractivity contribution in [3.05, 3.63) is 83.9 Å². The van der Waals surface area contributed by atoms with E-state index in [9.17, 15) is 9.59 Å². The summed E-state index contributed by atoms with van der Waals surface area (Å²) >= 11 is 0. The van der Waals surface area contributed by atoms with Crippen LogP contribution in [0.3, 0.4) is 0 Å². The Balaban J connectivity index is 1.32. The molecule has 8 nitrogen and oxygen atoms in total. The van der Waals surface area contributed by atoms with Crippen LogP contribution in [0.2, 0.25) is 0 Å². The van der Waals surface area contributed by atoms with E-state index in [1.165, 1.54) is 0 Å². The van der Waals surface area contributed by atoms with Crippen LogP contribution in [0.15, 0.2) is 72.8 Å². The predicted molar refractivity (Wildman–Crippen MR) is 120 cm³/mol. The van der Waals surface area contributed by atoms with Crippen LogP contribution in [-0.2, 0) is 9.47 Å². The van der Waals surface area contributed by atoms with E-state index in [1.54, 1.807) is 72.8 Å². The van der Waals surface area contributed by atoms with Gasteiger partial charge in [-0.1, -0.05) is 12.1 Å². The highest BCUT2D eigenvalue weighted by atomic mass is 16.6. The lowest BCUT2D eigenvalue weighted by Crippen LogP contribution is -2.13. The summed E-state index contributed by atoms with van der Waals surface area (Å²) in [6.45, 7) is 0.608. The second kappa shape index (κ2) is 11.3. The number of hydrogen-bond acceptors (Lipinski definition) is 8. The van der Waals surface area contributed by atoms with Crippen LogP contribution in [0.5, 0.6) is 11.5 Å². The highest BCUT2D eigenvalue weighted by Crippen LogP contribution is 2.17. The van der Waals surface area contributed by atoms with E-state index in [0.717, 1.165) is 0 Å². The topological polar surface area (TPSA) is 123 Å². The number of esters is 2. The smallest absolute Gasteiger partial charge is 0.338 e. The van der Waals surface area contributed by atoms with Crippen LogP contribution in [0.1, 0.15) is 20.7 Å². The zero-order valence-electron chi connectivity index (χ0n) is 17.4. The third-order valence-electron chi connectivity index (χ3n) is 4.24. The molecule has 0 aromatic heterocycles. The van der Waals surface area contributed by atoms with Gasteiger partial charge in [0, 0.05) is 11.4 Å². The van der Waals surface area contributed by atoms with Crippen molar-refractivity contribution < 1.29 is 28.5 Å². The Morgan fingerprint density at radius 1 is 0.594 bits per heavy atom. The standard InChI is InChI=1S/C24H24N2O6/c25-19-5-1-3-17(15-19)23(27)31-13-11-29-21-7-9-22(10-8-21)30-12-14-32-24(28)18-4-2-6-20(26)16-18/h1-10,15-16H,11-14,25-26H2. The van der Waals surface area contributed by atoms with Crippen molar-refractivity contribution in [1.82, 2.24) is 0 Å². The van der Waals surface area contributed by atoms with E-state index in [4.69, 9.17) is 30.4 Å². The maximum Gasteiger partial charge on any atom is 0.338 e. The fourth-order valence-electron chi connectivity index (χ4n) is 2.72. The van der Waals surface area contributed by atoms with Crippen LogP contribution in [0.4, 0.5) is 11.4 Å². The molecule has 0 saturated heterocycles. The van der Waals surface area contributed by atoms with E-state index in [2.05, 4.69) is 0 Å². The SMILES string of the molecule is Nc1cccc(C(=O)OCCOc2ccc(OCCOC(=O)c3cccc(N)c3)cc2)c1. The van der Waals surface area contributed by atoms with Crippen molar-refractivity contribution in [1.29, 1.82) is 0 Å². The van der Waals surface area contributed by atoms with Gasteiger partial charge in [0.25, 0.3) is 0 Å². The molecule has 0 radical (unpaired) electrons. The van der Waals surface area contributed by atoms with Crippen LogP contribution >= 0.6 is 0 Å². The number of carbonyl (C=O) groups excluding carboxylic acids is 2. The number of anilines is 2. The van der Waals surface area contributed by atoms with Gasteiger partial charge in [-0.05, 0) is 60.7 Å². The third-order valence-corrected chi connectivity index (χ3v) is 4.24. The van der Waals surface area contributed by atoms with Gasteiger partial charge in [0.1, 0.15) is 37.9 Å². The molecule has 4 N–H and O–H groups in total. The van der Waals surface area contributed by atoms with Crippen molar-refractivity contribution in [2.24, 2.45) is 0 Å². The molecule has 0 amide bonds. The normalized spacial score (nSPS) is 10.2. The summed E-state index contributed by atoms with van der Waals surface area (Å²) in [4.78, 5) is 23.9. The van der Waals surface area contributed by atoms with Gasteiger partial charge in [-0.2, -0.15) is 0 Å². The molecule has 3 rings (SSSR count). The summed E-state index contributed by atoms with van der Waals surface area (Å²) in [5.41, 5.74) is 13.1. The molecule has 8 heteroatoms. The van der Waals surface area contributed by atoms with Crippen LogP contribution in [0.25, 0.3) is 0 Å². The minimum atomic E-state index is -0.457. The quantitative estimate of drug-likeness (QED) is 0.282. The van der Waals surface area contributed by atoms with Gasteiger partial charge >= 0.3 is 11.9 Å². The maximum absolute atomic E-state index is 11.9. The Labute approximate surface area is 185 Å². The van der Waals surface area contributed by atoms with Gasteiger partial charge in [-0.15, -0.1) is 0 Å². The summed E-state index contributed by atoms with van der Waals surface area (Å²) in [5, 5.41) is 0. The number of nitrogen functional groups attached to an aromatic ring is 2. The lowest BCUT2D eigenvalue weighted by atomic mass is 10.2. The molecule has 0 saturated carbocycles. The van der Waals surface area contributed by atoms with Crippen molar-refractivity contribution in [2.45, 2.75) is 0 Å². The highest BCUT2D eigenvalue weighted by molar-refractivity contribution is 5.90. The van der Waals surface area contributed by atoms with Gasteiger partial charge in [0.2, 0.25) is 0 Å². The lowest BCUT2D eigenvalue weighted by molar-refractivity contribution is 0.0441. The first-order chi connectivity index (χ1) is 15.5. The van der Waals surface area contributed by atoms with E-state index >= 15 is 0 Å². The van der Waals surface area contributed by atoms with Crippen LogP contribution < -0.4 is 20.9 Å². The zero-order valence-corrected chi connectivity index (χ0v) is 17.4. The van der Waals surface area contributed by atoms with Crippen molar-refractivity contribution in [3.63, 3.8) is 0 Å². The van der Waals surface area contributed by atoms with Crippen molar-refractivity contribution in [2.75, 3.05) is 37.9 Å². The number of rotatable bonds is 10. The monoisotopic (exact) mass is 436 g/mol. The van der Waals surface area contributed by atoms with Crippen LogP contribution in [-0.4, -0.2) is 38.4 Å². The fraction of sp³-hybridized carbons (Fsp3) is 0.167. The lowest BCUT2D eigenvalue weighted by Gasteiger charge is -2.10. The molecular weight excluding hydrogens is 412 g/mol. The Bertz CT molecular complexity index is 968. The zero-order chi connectivity index (χ0) is 22.8. The largest absolute Gasteiger partial charge is 0.490 e. The average molecular weight is 436 g/mol. The Morgan fingerprint density at radius 2 is 1.00 bits per heavy atom. The van der Waals surface area contributed by atoms with Gasteiger partial charge in [-0.3, -0.25) is 0 Å². The first-order valence-electron chi connectivity index (χ1n) is 9.92. The van der Waals surface area contributed by atoms with Gasteiger partial charge in [0.05, 0.1) is 11.1 Å². The minimum Gasteiger partial charge on any atom is -0.490 e. The molecule has 0 fully saturated rings. The second-order valence-electron chi connectivity index (χ2n) is 6.69. The van der Waals surface area contributed by atoms with Crippen LogP contribution in [0, 0.1) is 0 Å². The molecule has 0 heterocycles. The number of ether oxygens (including phenoxy) is 4. The molecule has 166 valence electrons. The summed E-state index contributed by atoms with van der Waals surface area (Å²) in [6, 6.07) is 20.1. The molecule has 0 aliphatic carbocycles. The van der Waals surface area contributed by atoms with E-state index in [0.29, 0.717) is 34.0 Å². The van der Waals surface area contributed by atoms with E-state index in [-0.39, 0.29) is 26.4 Å². The van der Waals surface area contributed by atoms with Gasteiger partial charge in [0.15, 0.2) is 0 Å². The molecule has 0 aliphatic rings.